The molecule has 0 saturated heterocycles. The van der Waals surface area contributed by atoms with Crippen LogP contribution in [0.3, 0.4) is 0 Å². The number of hydrogen-bond acceptors (Lipinski definition) is 4. The monoisotopic (exact) mass is 344 g/mol. The van der Waals surface area contributed by atoms with Crippen molar-refractivity contribution in [3.8, 4) is 11.8 Å². The van der Waals surface area contributed by atoms with Gasteiger partial charge in [-0.2, -0.15) is 10.4 Å². The van der Waals surface area contributed by atoms with Gasteiger partial charge in [0.1, 0.15) is 11.6 Å². The van der Waals surface area contributed by atoms with E-state index in [1.165, 1.54) is 24.7 Å². The standard InChI is InChI=1S/C17H17ClN4O2/c1-4-5-13-6-7-16(15(18)8-13)22-17(14(9-19)10-20-22)21(11(2)23)12(3)24/h6-8,10H,4-5H2,1-3H3. The highest BCUT2D eigenvalue weighted by atomic mass is 35.5. The molecule has 1 aromatic carbocycles. The van der Waals surface area contributed by atoms with Gasteiger partial charge in [0.2, 0.25) is 11.8 Å². The van der Waals surface area contributed by atoms with Gasteiger partial charge in [-0.15, -0.1) is 0 Å². The Bertz CT molecular complexity index is 822. The van der Waals surface area contributed by atoms with Gasteiger partial charge in [0.05, 0.1) is 16.9 Å². The first kappa shape index (κ1) is 17.7. The molecule has 2 rings (SSSR count). The summed E-state index contributed by atoms with van der Waals surface area (Å²) in [5.74, 6) is -0.901. The molecule has 6 nitrogen and oxygen atoms in total. The Morgan fingerprint density at radius 3 is 2.50 bits per heavy atom. The molecule has 0 fully saturated rings. The predicted molar refractivity (Wildman–Crippen MR) is 91.1 cm³/mol. The van der Waals surface area contributed by atoms with Crippen LogP contribution in [-0.4, -0.2) is 21.6 Å². The summed E-state index contributed by atoms with van der Waals surface area (Å²) in [4.78, 5) is 24.7. The molecule has 0 saturated carbocycles. The maximum absolute atomic E-state index is 11.9. The van der Waals surface area contributed by atoms with Gasteiger partial charge in [0.25, 0.3) is 0 Å². The average molecular weight is 345 g/mol. The predicted octanol–water partition coefficient (Wildman–Crippen LogP) is 3.25. The summed E-state index contributed by atoms with van der Waals surface area (Å²) < 4.78 is 1.35. The summed E-state index contributed by atoms with van der Waals surface area (Å²) in [6.45, 7) is 4.59. The van der Waals surface area contributed by atoms with Crippen molar-refractivity contribution in [2.45, 2.75) is 33.6 Å². The van der Waals surface area contributed by atoms with Crippen LogP contribution in [0.25, 0.3) is 5.69 Å². The number of carbonyl (C=O) groups is 2. The molecule has 124 valence electrons. The molecule has 24 heavy (non-hydrogen) atoms. The van der Waals surface area contributed by atoms with Crippen LogP contribution in [0.5, 0.6) is 0 Å². The van der Waals surface area contributed by atoms with Crippen molar-refractivity contribution < 1.29 is 9.59 Å². The lowest BCUT2D eigenvalue weighted by Crippen LogP contribution is -2.35. The molecular weight excluding hydrogens is 328 g/mol. The number of nitrogens with zero attached hydrogens (tertiary/aromatic N) is 4. The largest absolute Gasteiger partial charge is 0.274 e. The summed E-state index contributed by atoms with van der Waals surface area (Å²) in [5, 5.41) is 13.9. The van der Waals surface area contributed by atoms with Crippen LogP contribution in [0, 0.1) is 11.3 Å². The molecule has 0 spiro atoms. The van der Waals surface area contributed by atoms with Crippen LogP contribution in [0.1, 0.15) is 38.3 Å². The summed E-state index contributed by atoms with van der Waals surface area (Å²) >= 11 is 6.36. The SMILES string of the molecule is CCCc1ccc(-n2ncc(C#N)c2N(C(C)=O)C(C)=O)c(Cl)c1. The Hall–Kier alpha value is -2.65. The Labute approximate surface area is 145 Å². The lowest BCUT2D eigenvalue weighted by Gasteiger charge is -2.19. The third kappa shape index (κ3) is 3.31. The van der Waals surface area contributed by atoms with Gasteiger partial charge >= 0.3 is 0 Å². The number of hydrogen-bond donors (Lipinski definition) is 0. The number of aryl methyl sites for hydroxylation is 1. The number of aromatic nitrogens is 2. The highest BCUT2D eigenvalue weighted by Crippen LogP contribution is 2.29. The van der Waals surface area contributed by atoms with Gasteiger partial charge in [-0.05, 0) is 24.1 Å². The highest BCUT2D eigenvalue weighted by Gasteiger charge is 2.26. The van der Waals surface area contributed by atoms with Crippen LogP contribution in [-0.2, 0) is 16.0 Å². The number of anilines is 1. The topological polar surface area (TPSA) is 79.0 Å². The van der Waals surface area contributed by atoms with Gasteiger partial charge in [-0.1, -0.05) is 31.0 Å². The van der Waals surface area contributed by atoms with Gasteiger partial charge in [0.15, 0.2) is 5.82 Å². The summed E-state index contributed by atoms with van der Waals surface area (Å²) in [7, 11) is 0. The Balaban J connectivity index is 2.65. The second-order valence-corrected chi connectivity index (χ2v) is 5.72. The van der Waals surface area contributed by atoms with Crippen molar-refractivity contribution in [1.29, 1.82) is 5.26 Å². The zero-order chi connectivity index (χ0) is 17.9. The molecule has 0 atom stereocenters. The number of amides is 2. The van der Waals surface area contributed by atoms with E-state index in [4.69, 9.17) is 11.6 Å². The maximum Gasteiger partial charge on any atom is 0.231 e. The van der Waals surface area contributed by atoms with E-state index in [1.54, 1.807) is 6.07 Å². The molecule has 1 aromatic heterocycles. The second kappa shape index (κ2) is 7.28. The molecule has 0 aliphatic carbocycles. The lowest BCUT2D eigenvalue weighted by molar-refractivity contribution is -0.124. The van der Waals surface area contributed by atoms with Crippen molar-refractivity contribution in [1.82, 2.24) is 9.78 Å². The minimum Gasteiger partial charge on any atom is -0.274 e. The Morgan fingerprint density at radius 2 is 2.00 bits per heavy atom. The van der Waals surface area contributed by atoms with Gasteiger partial charge < -0.3 is 0 Å². The molecule has 2 aromatic rings. The number of nitriles is 1. The zero-order valence-electron chi connectivity index (χ0n) is 13.7. The average Bonchev–Trinajstić information content (AvgIpc) is 2.90. The van der Waals surface area contributed by atoms with Crippen LogP contribution in [0.15, 0.2) is 24.4 Å². The fraction of sp³-hybridized carbons (Fsp3) is 0.294. The maximum atomic E-state index is 11.9. The van der Waals surface area contributed by atoms with Crippen LogP contribution in [0.4, 0.5) is 5.82 Å². The molecule has 0 N–H and O–H groups in total. The number of imide groups is 1. The molecule has 1 heterocycles. The first-order valence-electron chi connectivity index (χ1n) is 7.48. The van der Waals surface area contributed by atoms with E-state index in [9.17, 15) is 14.9 Å². The molecule has 0 radical (unpaired) electrons. The van der Waals surface area contributed by atoms with E-state index >= 15 is 0 Å². The molecule has 0 aliphatic rings. The van der Waals surface area contributed by atoms with Crippen molar-refractivity contribution >= 4 is 29.2 Å². The summed E-state index contributed by atoms with van der Waals surface area (Å²) in [6.07, 6.45) is 3.19. The smallest absolute Gasteiger partial charge is 0.231 e. The lowest BCUT2D eigenvalue weighted by atomic mass is 10.1. The van der Waals surface area contributed by atoms with E-state index in [0.717, 1.165) is 23.3 Å². The van der Waals surface area contributed by atoms with Gasteiger partial charge in [-0.25, -0.2) is 9.58 Å². The van der Waals surface area contributed by atoms with Crippen LogP contribution in [0.2, 0.25) is 5.02 Å². The number of benzene rings is 1. The number of halogens is 1. The van der Waals surface area contributed by atoms with Crippen molar-refractivity contribution in [2.75, 3.05) is 4.90 Å². The van der Waals surface area contributed by atoms with Crippen molar-refractivity contribution in [3.63, 3.8) is 0 Å². The Morgan fingerprint density at radius 1 is 1.33 bits per heavy atom. The number of carbonyl (C=O) groups excluding carboxylic acids is 2. The molecule has 0 unspecified atom stereocenters. The summed E-state index contributed by atoms with van der Waals surface area (Å²) in [5.41, 5.74) is 1.70. The van der Waals surface area contributed by atoms with Crippen molar-refractivity contribution in [3.05, 3.63) is 40.5 Å². The fourth-order valence-corrected chi connectivity index (χ4v) is 2.78. The van der Waals surface area contributed by atoms with E-state index < -0.39 is 11.8 Å². The van der Waals surface area contributed by atoms with E-state index in [0.29, 0.717) is 10.7 Å². The van der Waals surface area contributed by atoms with Crippen LogP contribution >= 0.6 is 11.6 Å². The van der Waals surface area contributed by atoms with Gasteiger partial charge in [0, 0.05) is 13.8 Å². The van der Waals surface area contributed by atoms with Crippen LogP contribution < -0.4 is 4.90 Å². The minimum atomic E-state index is -0.500. The molecule has 0 bridgehead atoms. The van der Waals surface area contributed by atoms with Crippen molar-refractivity contribution in [2.24, 2.45) is 0 Å². The summed E-state index contributed by atoms with van der Waals surface area (Å²) in [6, 6.07) is 7.46. The quantitative estimate of drug-likeness (QED) is 0.852. The zero-order valence-corrected chi connectivity index (χ0v) is 14.5. The fourth-order valence-electron chi connectivity index (χ4n) is 2.50. The number of rotatable bonds is 4. The first-order chi connectivity index (χ1) is 11.4. The minimum absolute atomic E-state index is 0.0997. The molecule has 2 amide bonds. The normalized spacial score (nSPS) is 10.3. The van der Waals surface area contributed by atoms with E-state index in [2.05, 4.69) is 12.0 Å². The third-order valence-electron chi connectivity index (χ3n) is 3.48. The third-order valence-corrected chi connectivity index (χ3v) is 3.79. The van der Waals surface area contributed by atoms with E-state index in [1.807, 2.05) is 18.2 Å². The Kier molecular flexibility index (Phi) is 5.37. The highest BCUT2D eigenvalue weighted by molar-refractivity contribution is 6.32. The molecular formula is C17H17ClN4O2. The molecule has 0 aliphatic heterocycles. The second-order valence-electron chi connectivity index (χ2n) is 5.31. The first-order valence-corrected chi connectivity index (χ1v) is 7.86. The van der Waals surface area contributed by atoms with Gasteiger partial charge in [-0.3, -0.25) is 9.59 Å². The van der Waals surface area contributed by atoms with E-state index in [-0.39, 0.29) is 11.4 Å². The molecule has 7 heteroatoms.